The zero-order chi connectivity index (χ0) is 19.1. The molecule has 0 aliphatic rings. The van der Waals surface area contributed by atoms with Crippen LogP contribution in [0.2, 0.25) is 0 Å². The van der Waals surface area contributed by atoms with Crippen molar-refractivity contribution in [1.82, 2.24) is 0 Å². The van der Waals surface area contributed by atoms with Gasteiger partial charge >= 0.3 is 18.9 Å². The van der Waals surface area contributed by atoms with Gasteiger partial charge in [0.1, 0.15) is 22.8 Å². The smallest absolute Gasteiger partial charge is 0.496 e. The normalized spacial score (nSPS) is 10.7. The molecule has 0 saturated heterocycles. The minimum absolute atomic E-state index is 0. The van der Waals surface area contributed by atoms with Crippen LogP contribution in [0.15, 0.2) is 36.4 Å². The van der Waals surface area contributed by atoms with Crippen LogP contribution in [-0.2, 0) is 0 Å². The predicted octanol–water partition coefficient (Wildman–Crippen LogP) is 1.59. The fourth-order valence-corrected chi connectivity index (χ4v) is 3.59. The van der Waals surface area contributed by atoms with Gasteiger partial charge in [-0.25, -0.2) is 0 Å². The zero-order valence-corrected chi connectivity index (χ0v) is 18.1. The van der Waals surface area contributed by atoms with Crippen molar-refractivity contribution in [2.75, 3.05) is 20.8 Å². The predicted molar refractivity (Wildman–Crippen MR) is 108 cm³/mol. The molecule has 0 N–H and O–H groups in total. The van der Waals surface area contributed by atoms with Gasteiger partial charge in [0.15, 0.2) is 5.52 Å². The Bertz CT molecular complexity index is 740. The number of hydrogen-bond acceptors (Lipinski definition) is 4. The van der Waals surface area contributed by atoms with E-state index < -0.39 is 0 Å². The van der Waals surface area contributed by atoms with Crippen LogP contribution in [-0.4, -0.2) is 26.4 Å². The summed E-state index contributed by atoms with van der Waals surface area (Å²) in [5.74, 6) is 2.53. The average Bonchev–Trinajstić information content (AvgIpc) is 2.62. The van der Waals surface area contributed by atoms with Gasteiger partial charge in [-0.3, -0.25) is 4.79 Å². The Morgan fingerprint density at radius 3 is 2.22 bits per heavy atom. The molecule has 0 saturated carbocycles. The number of carbonyl (C=O) groups excluding carboxylic acids is 1. The Hall–Kier alpha value is -1.46. The van der Waals surface area contributed by atoms with Gasteiger partial charge in [-0.05, 0) is 63.0 Å². The second kappa shape index (κ2) is 11.4. The summed E-state index contributed by atoms with van der Waals surface area (Å²) >= 11 is 0. The van der Waals surface area contributed by atoms with Gasteiger partial charge in [0.2, 0.25) is 0 Å². The molecular weight excluding hydrogens is 354 g/mol. The van der Waals surface area contributed by atoms with Gasteiger partial charge in [0.05, 0.1) is 20.8 Å². The van der Waals surface area contributed by atoms with Crippen molar-refractivity contribution in [3.63, 3.8) is 0 Å². The van der Waals surface area contributed by atoms with Crippen LogP contribution in [0.5, 0.6) is 17.2 Å². The summed E-state index contributed by atoms with van der Waals surface area (Å²) in [5.41, 5.74) is 1.54. The third-order valence-corrected chi connectivity index (χ3v) is 5.37. The van der Waals surface area contributed by atoms with E-state index in [2.05, 4.69) is 13.8 Å². The third kappa shape index (κ3) is 6.58. The molecule has 1 atom stereocenters. The summed E-state index contributed by atoms with van der Waals surface area (Å²) in [4.78, 5) is 12.9. The van der Waals surface area contributed by atoms with Crippen molar-refractivity contribution in [3.8, 4) is 17.2 Å². The molecule has 0 fully saturated rings. The SMILES string of the molecule is COc1cccc(OC)c1C(=O)Pc1ccc(OCCC(C)C)cc1C.[Li+]. The fourth-order valence-electron chi connectivity index (χ4n) is 2.54. The molecular formula is C21H27LiO4P+. The minimum atomic E-state index is -0.00639. The monoisotopic (exact) mass is 381 g/mol. The summed E-state index contributed by atoms with van der Waals surface area (Å²) in [5, 5.41) is 0.999. The van der Waals surface area contributed by atoms with Crippen molar-refractivity contribution in [2.24, 2.45) is 5.92 Å². The molecule has 0 aliphatic carbocycles. The molecule has 27 heavy (non-hydrogen) atoms. The number of aryl methyl sites for hydroxylation is 1. The molecule has 0 amide bonds. The maximum atomic E-state index is 12.9. The Morgan fingerprint density at radius 1 is 1.07 bits per heavy atom. The molecule has 0 heterocycles. The van der Waals surface area contributed by atoms with Crippen molar-refractivity contribution < 1.29 is 37.9 Å². The van der Waals surface area contributed by atoms with Crippen molar-refractivity contribution >= 4 is 19.4 Å². The fraction of sp³-hybridized carbons (Fsp3) is 0.381. The van der Waals surface area contributed by atoms with E-state index in [0.717, 1.165) is 23.0 Å². The Kier molecular flexibility index (Phi) is 9.95. The van der Waals surface area contributed by atoms with E-state index in [9.17, 15) is 4.79 Å². The molecule has 0 aromatic heterocycles. The molecule has 0 bridgehead atoms. The van der Waals surface area contributed by atoms with E-state index in [1.807, 2.05) is 31.2 Å². The summed E-state index contributed by atoms with van der Waals surface area (Å²) in [6.45, 7) is 7.06. The van der Waals surface area contributed by atoms with Crippen LogP contribution in [0.1, 0.15) is 36.2 Å². The summed E-state index contributed by atoms with van der Waals surface area (Å²) in [6, 6.07) is 11.3. The average molecular weight is 381 g/mol. The molecule has 0 radical (unpaired) electrons. The summed E-state index contributed by atoms with van der Waals surface area (Å²) in [7, 11) is 3.11. The summed E-state index contributed by atoms with van der Waals surface area (Å²) in [6.07, 6.45) is 1.02. The van der Waals surface area contributed by atoms with Gasteiger partial charge in [-0.15, -0.1) is 0 Å². The van der Waals surface area contributed by atoms with Crippen LogP contribution in [0.25, 0.3) is 0 Å². The van der Waals surface area contributed by atoms with E-state index in [1.165, 1.54) is 0 Å². The maximum Gasteiger partial charge on any atom is 1.00 e. The quantitative estimate of drug-likeness (QED) is 0.489. The molecule has 2 aromatic carbocycles. The maximum absolute atomic E-state index is 12.9. The van der Waals surface area contributed by atoms with Crippen LogP contribution in [0.3, 0.4) is 0 Å². The summed E-state index contributed by atoms with van der Waals surface area (Å²) < 4.78 is 16.5. The molecule has 0 spiro atoms. The third-order valence-electron chi connectivity index (χ3n) is 4.06. The number of benzene rings is 2. The standard InChI is InChI=1S/C21H27O4P.Li/c1-14(2)11-12-25-16-9-10-19(15(3)13-16)26-21(22)20-17(23-4)7-6-8-18(20)24-5;/h6-10,13-14,26H,11-12H2,1-5H3;/q;+1. The van der Waals surface area contributed by atoms with Gasteiger partial charge < -0.3 is 14.2 Å². The van der Waals surface area contributed by atoms with Crippen LogP contribution < -0.4 is 38.4 Å². The molecule has 0 aliphatic heterocycles. The molecule has 2 aromatic rings. The molecule has 1 unspecified atom stereocenters. The number of hydrogen-bond donors (Lipinski definition) is 0. The van der Waals surface area contributed by atoms with Crippen molar-refractivity contribution in [2.45, 2.75) is 27.2 Å². The largest absolute Gasteiger partial charge is 1.00 e. The molecule has 6 heteroatoms. The van der Waals surface area contributed by atoms with Gasteiger partial charge in [-0.2, -0.15) is 0 Å². The first kappa shape index (κ1) is 23.6. The number of methoxy groups -OCH3 is 2. The zero-order valence-electron chi connectivity index (χ0n) is 17.1. The van der Waals surface area contributed by atoms with Crippen LogP contribution in [0, 0.1) is 12.8 Å². The van der Waals surface area contributed by atoms with Crippen LogP contribution in [0.4, 0.5) is 0 Å². The molecule has 4 nitrogen and oxygen atoms in total. The first-order chi connectivity index (χ1) is 12.5. The topological polar surface area (TPSA) is 44.8 Å². The number of ether oxygens (including phenoxy) is 3. The first-order valence-corrected chi connectivity index (χ1v) is 9.72. The Labute approximate surface area is 175 Å². The Balaban J connectivity index is 0.00000364. The van der Waals surface area contributed by atoms with Crippen LogP contribution >= 0.6 is 8.58 Å². The van der Waals surface area contributed by atoms with E-state index in [-0.39, 0.29) is 33.0 Å². The van der Waals surface area contributed by atoms with Gasteiger partial charge in [0.25, 0.3) is 0 Å². The van der Waals surface area contributed by atoms with E-state index in [0.29, 0.717) is 29.6 Å². The molecule has 140 valence electrons. The van der Waals surface area contributed by atoms with Gasteiger partial charge in [-0.1, -0.05) is 26.0 Å². The van der Waals surface area contributed by atoms with E-state index in [4.69, 9.17) is 14.2 Å². The minimum Gasteiger partial charge on any atom is -0.496 e. The Morgan fingerprint density at radius 2 is 1.70 bits per heavy atom. The second-order valence-electron chi connectivity index (χ2n) is 6.50. The second-order valence-corrected chi connectivity index (χ2v) is 7.74. The molecule has 2 rings (SSSR count). The first-order valence-electron chi connectivity index (χ1n) is 8.72. The van der Waals surface area contributed by atoms with E-state index in [1.54, 1.807) is 26.4 Å². The van der Waals surface area contributed by atoms with Crippen molar-refractivity contribution in [3.05, 3.63) is 47.5 Å². The number of carbonyl (C=O) groups is 1. The number of rotatable bonds is 9. The van der Waals surface area contributed by atoms with Gasteiger partial charge in [0, 0.05) is 0 Å². The van der Waals surface area contributed by atoms with E-state index >= 15 is 0 Å². The van der Waals surface area contributed by atoms with Crippen molar-refractivity contribution in [1.29, 1.82) is 0 Å².